The Balaban J connectivity index is 1.61. The molecule has 8 heteroatoms. The van der Waals surface area contributed by atoms with Crippen molar-refractivity contribution in [1.29, 1.82) is 0 Å². The maximum atomic E-state index is 12.2. The monoisotopic (exact) mass is 469 g/mol. The molecule has 0 aliphatic carbocycles. The summed E-state index contributed by atoms with van der Waals surface area (Å²) in [4.78, 5) is 36.0. The number of hydrazine groups is 1. The summed E-state index contributed by atoms with van der Waals surface area (Å²) in [5.74, 6) is -1.27. The number of hydrogen-bond donors (Lipinski definition) is 3. The Labute approximate surface area is 200 Å². The van der Waals surface area contributed by atoms with E-state index in [4.69, 9.17) is 17.0 Å². The van der Waals surface area contributed by atoms with Crippen molar-refractivity contribution in [3.8, 4) is 0 Å². The molecule has 2 aromatic carbocycles. The second-order valence-electron chi connectivity index (χ2n) is 8.59. The molecular weight excluding hydrogens is 438 g/mol. The first-order chi connectivity index (χ1) is 15.6. The van der Waals surface area contributed by atoms with Gasteiger partial charge in [0.1, 0.15) is 0 Å². The van der Waals surface area contributed by atoms with Crippen LogP contribution in [0.2, 0.25) is 0 Å². The van der Waals surface area contributed by atoms with Crippen LogP contribution in [0.1, 0.15) is 61.5 Å². The number of ether oxygens (including phenoxy) is 1. The molecule has 3 N–H and O–H groups in total. The van der Waals surface area contributed by atoms with Gasteiger partial charge >= 0.3 is 5.97 Å². The molecule has 2 amide bonds. The van der Waals surface area contributed by atoms with Crippen molar-refractivity contribution >= 4 is 35.1 Å². The lowest BCUT2D eigenvalue weighted by atomic mass is 9.87. The molecule has 0 spiro atoms. The van der Waals surface area contributed by atoms with E-state index in [9.17, 15) is 14.4 Å². The van der Waals surface area contributed by atoms with Crippen LogP contribution in [-0.4, -0.2) is 29.5 Å². The van der Waals surface area contributed by atoms with Crippen molar-refractivity contribution in [2.75, 3.05) is 6.61 Å². The third kappa shape index (κ3) is 9.82. The van der Waals surface area contributed by atoms with Gasteiger partial charge in [-0.15, -0.1) is 0 Å². The van der Waals surface area contributed by atoms with Crippen LogP contribution in [-0.2, 0) is 26.2 Å². The molecule has 0 aliphatic heterocycles. The van der Waals surface area contributed by atoms with E-state index in [1.54, 1.807) is 12.1 Å². The van der Waals surface area contributed by atoms with Gasteiger partial charge in [-0.3, -0.25) is 25.2 Å². The van der Waals surface area contributed by atoms with Crippen LogP contribution < -0.4 is 16.2 Å². The first-order valence-corrected chi connectivity index (χ1v) is 11.3. The maximum Gasteiger partial charge on any atom is 0.306 e. The molecule has 0 unspecified atom stereocenters. The van der Waals surface area contributed by atoms with E-state index in [1.165, 1.54) is 5.56 Å². The van der Waals surface area contributed by atoms with E-state index >= 15 is 0 Å². The van der Waals surface area contributed by atoms with E-state index in [1.807, 2.05) is 42.5 Å². The van der Waals surface area contributed by atoms with Gasteiger partial charge in [0.05, 0.1) is 13.0 Å². The highest BCUT2D eigenvalue weighted by Crippen LogP contribution is 2.22. The van der Waals surface area contributed by atoms with E-state index in [0.717, 1.165) is 12.0 Å². The smallest absolute Gasteiger partial charge is 0.306 e. The largest absolute Gasteiger partial charge is 0.466 e. The minimum Gasteiger partial charge on any atom is -0.466 e. The summed E-state index contributed by atoms with van der Waals surface area (Å²) in [6.45, 7) is 6.58. The molecular formula is C25H31N3O4S. The van der Waals surface area contributed by atoms with Crippen molar-refractivity contribution < 1.29 is 19.1 Å². The zero-order chi connectivity index (χ0) is 24.3. The summed E-state index contributed by atoms with van der Waals surface area (Å²) < 4.78 is 5.15. The first kappa shape index (κ1) is 26.0. The molecule has 0 atom stereocenters. The predicted octanol–water partition coefficient (Wildman–Crippen LogP) is 3.58. The van der Waals surface area contributed by atoms with Gasteiger partial charge in [0.15, 0.2) is 5.11 Å². The molecule has 176 valence electrons. The van der Waals surface area contributed by atoms with Crippen LogP contribution in [0.15, 0.2) is 54.6 Å². The lowest BCUT2D eigenvalue weighted by Gasteiger charge is -2.19. The molecule has 0 heterocycles. The highest BCUT2D eigenvalue weighted by Gasteiger charge is 2.15. The van der Waals surface area contributed by atoms with Crippen LogP contribution >= 0.6 is 12.2 Å². The maximum absolute atomic E-state index is 12.2. The number of thiocarbonyl (C=S) groups is 1. The second kappa shape index (κ2) is 12.7. The molecule has 0 radical (unpaired) electrons. The summed E-state index contributed by atoms with van der Waals surface area (Å²) >= 11 is 5.01. The van der Waals surface area contributed by atoms with Gasteiger partial charge in [-0.25, -0.2) is 0 Å². The van der Waals surface area contributed by atoms with E-state index in [2.05, 4.69) is 36.9 Å². The zero-order valence-corrected chi connectivity index (χ0v) is 20.1. The van der Waals surface area contributed by atoms with Crippen molar-refractivity contribution in [2.24, 2.45) is 0 Å². The van der Waals surface area contributed by atoms with Crippen LogP contribution in [0.4, 0.5) is 0 Å². The molecule has 33 heavy (non-hydrogen) atoms. The molecule has 7 nitrogen and oxygen atoms in total. The van der Waals surface area contributed by atoms with Gasteiger partial charge in [-0.1, -0.05) is 63.2 Å². The minimum atomic E-state index is -0.447. The Morgan fingerprint density at radius 2 is 1.58 bits per heavy atom. The van der Waals surface area contributed by atoms with Crippen molar-refractivity contribution in [2.45, 2.75) is 51.9 Å². The van der Waals surface area contributed by atoms with Gasteiger partial charge < -0.3 is 10.1 Å². The summed E-state index contributed by atoms with van der Waals surface area (Å²) in [5.41, 5.74) is 7.67. The van der Waals surface area contributed by atoms with E-state index < -0.39 is 11.9 Å². The molecule has 2 rings (SSSR count). The molecule has 0 aromatic heterocycles. The number of carbonyl (C=O) groups is 3. The number of amides is 2. The Kier molecular flexibility index (Phi) is 10.00. The number of aryl methyl sites for hydroxylation is 1. The summed E-state index contributed by atoms with van der Waals surface area (Å²) in [6.07, 6.45) is 1.42. The molecule has 0 bridgehead atoms. The van der Waals surface area contributed by atoms with Crippen molar-refractivity contribution in [1.82, 2.24) is 16.2 Å². The number of nitrogens with one attached hydrogen (secondary N) is 3. The number of esters is 1. The fraction of sp³-hybridized carbons (Fsp3) is 0.360. The molecule has 0 saturated heterocycles. The average Bonchev–Trinajstić information content (AvgIpc) is 2.79. The van der Waals surface area contributed by atoms with Crippen molar-refractivity contribution in [3.63, 3.8) is 0 Å². The SMILES string of the molecule is CC(C)(C)c1ccc(C(=O)NNC(=S)NC(=O)CCC(=O)OCCCc2ccccc2)cc1. The zero-order valence-electron chi connectivity index (χ0n) is 19.3. The Morgan fingerprint density at radius 1 is 0.909 bits per heavy atom. The van der Waals surface area contributed by atoms with Gasteiger partial charge in [-0.05, 0) is 53.7 Å². The Bertz CT molecular complexity index is 954. The highest BCUT2D eigenvalue weighted by molar-refractivity contribution is 7.80. The summed E-state index contributed by atoms with van der Waals surface area (Å²) in [5, 5.41) is 2.36. The Hall–Kier alpha value is -3.26. The van der Waals surface area contributed by atoms with Crippen LogP contribution in [0.5, 0.6) is 0 Å². The third-order valence-electron chi connectivity index (χ3n) is 4.83. The van der Waals surface area contributed by atoms with Gasteiger partial charge in [0.2, 0.25) is 5.91 Å². The summed E-state index contributed by atoms with van der Waals surface area (Å²) in [6, 6.07) is 17.2. The average molecular weight is 470 g/mol. The topological polar surface area (TPSA) is 96.5 Å². The van der Waals surface area contributed by atoms with E-state index in [0.29, 0.717) is 18.6 Å². The molecule has 0 saturated carbocycles. The van der Waals surface area contributed by atoms with Gasteiger partial charge in [0, 0.05) is 12.0 Å². The molecule has 0 fully saturated rings. The summed E-state index contributed by atoms with van der Waals surface area (Å²) in [7, 11) is 0. The van der Waals surface area contributed by atoms with Crippen molar-refractivity contribution in [3.05, 3.63) is 71.3 Å². The predicted molar refractivity (Wildman–Crippen MR) is 131 cm³/mol. The fourth-order valence-electron chi connectivity index (χ4n) is 2.92. The van der Waals surface area contributed by atoms with Gasteiger partial charge in [0.25, 0.3) is 5.91 Å². The molecule has 2 aromatic rings. The van der Waals surface area contributed by atoms with Crippen LogP contribution in [0.3, 0.4) is 0 Å². The second-order valence-corrected chi connectivity index (χ2v) is 9.00. The van der Waals surface area contributed by atoms with Gasteiger partial charge in [-0.2, -0.15) is 0 Å². The van der Waals surface area contributed by atoms with E-state index in [-0.39, 0.29) is 29.3 Å². The lowest BCUT2D eigenvalue weighted by molar-refractivity contribution is -0.145. The quantitative estimate of drug-likeness (QED) is 0.237. The lowest BCUT2D eigenvalue weighted by Crippen LogP contribution is -2.48. The Morgan fingerprint density at radius 3 is 2.21 bits per heavy atom. The van der Waals surface area contributed by atoms with Crippen LogP contribution in [0, 0.1) is 0 Å². The number of carbonyl (C=O) groups excluding carboxylic acids is 3. The number of hydrogen-bond acceptors (Lipinski definition) is 5. The fourth-order valence-corrected chi connectivity index (χ4v) is 3.09. The third-order valence-corrected chi connectivity index (χ3v) is 5.03. The minimum absolute atomic E-state index is 0.00626. The number of benzene rings is 2. The molecule has 0 aliphatic rings. The first-order valence-electron chi connectivity index (χ1n) is 10.9. The normalized spacial score (nSPS) is 10.8. The highest BCUT2D eigenvalue weighted by atomic mass is 32.1. The standard InChI is InChI=1S/C25H31N3O4S/c1-25(2,3)20-13-11-19(12-14-20)23(31)27-28-24(33)26-21(29)15-16-22(30)32-17-7-10-18-8-5-4-6-9-18/h4-6,8-9,11-14H,7,10,15-17H2,1-3H3,(H,27,31)(H2,26,28,29,33). The number of rotatable bonds is 8. The van der Waals surface area contributed by atoms with Crippen LogP contribution in [0.25, 0.3) is 0 Å².